The summed E-state index contributed by atoms with van der Waals surface area (Å²) in [7, 11) is 0. The smallest absolute Gasteiger partial charge is 0.150 e. The summed E-state index contributed by atoms with van der Waals surface area (Å²) in [6.07, 6.45) is 0.786. The van der Waals surface area contributed by atoms with Gasteiger partial charge in [-0.15, -0.1) is 0 Å². The van der Waals surface area contributed by atoms with Crippen LogP contribution in [0.15, 0.2) is 72.8 Å². The van der Waals surface area contributed by atoms with Crippen molar-refractivity contribution in [3.63, 3.8) is 0 Å². The van der Waals surface area contributed by atoms with Crippen molar-refractivity contribution < 1.29 is 13.9 Å². The quantitative estimate of drug-likeness (QED) is 0.628. The van der Waals surface area contributed by atoms with E-state index >= 15 is 0 Å². The molecule has 23 heavy (non-hydrogen) atoms. The van der Waals surface area contributed by atoms with E-state index < -0.39 is 0 Å². The van der Waals surface area contributed by atoms with E-state index in [1.807, 2.05) is 30.3 Å². The van der Waals surface area contributed by atoms with E-state index in [2.05, 4.69) is 0 Å². The van der Waals surface area contributed by atoms with Gasteiger partial charge in [0.2, 0.25) is 0 Å². The summed E-state index contributed by atoms with van der Waals surface area (Å²) in [6, 6.07) is 21.2. The zero-order valence-corrected chi connectivity index (χ0v) is 12.4. The first-order valence-corrected chi connectivity index (χ1v) is 7.28. The predicted octanol–water partition coefficient (Wildman–Crippen LogP) is 4.88. The topological polar surface area (TPSA) is 26.3 Å². The van der Waals surface area contributed by atoms with Crippen molar-refractivity contribution in [3.8, 4) is 16.9 Å². The Morgan fingerprint density at radius 1 is 0.913 bits per heavy atom. The Bertz CT molecular complexity index is 796. The highest BCUT2D eigenvalue weighted by Crippen LogP contribution is 2.31. The summed E-state index contributed by atoms with van der Waals surface area (Å²) in [6.45, 7) is 0.426. The molecule has 0 heterocycles. The zero-order valence-electron chi connectivity index (χ0n) is 12.4. The number of halogens is 1. The second-order valence-electron chi connectivity index (χ2n) is 5.15. The number of ether oxygens (including phenoxy) is 1. The highest BCUT2D eigenvalue weighted by atomic mass is 19.1. The molecule has 0 aliphatic heterocycles. The lowest BCUT2D eigenvalue weighted by Gasteiger charge is -2.12. The van der Waals surface area contributed by atoms with Crippen molar-refractivity contribution in [1.82, 2.24) is 0 Å². The van der Waals surface area contributed by atoms with Gasteiger partial charge in [-0.05, 0) is 41.5 Å². The standard InChI is InChI=1S/C20H15FO2/c21-18-9-7-17(8-10-18)19-12-16(13-22)6-11-20(19)23-14-15-4-2-1-3-5-15/h1-13H,14H2. The van der Waals surface area contributed by atoms with Crippen LogP contribution in [0.2, 0.25) is 0 Å². The minimum atomic E-state index is -0.299. The van der Waals surface area contributed by atoms with Crippen molar-refractivity contribution in [3.05, 3.63) is 89.7 Å². The Kier molecular flexibility index (Phi) is 4.48. The molecule has 0 radical (unpaired) electrons. The molecule has 0 aromatic heterocycles. The van der Waals surface area contributed by atoms with Crippen LogP contribution in [0.1, 0.15) is 15.9 Å². The molecule has 0 spiro atoms. The van der Waals surface area contributed by atoms with E-state index in [0.29, 0.717) is 17.9 Å². The maximum absolute atomic E-state index is 13.1. The largest absolute Gasteiger partial charge is 0.488 e. The van der Waals surface area contributed by atoms with Crippen LogP contribution >= 0.6 is 0 Å². The number of benzene rings is 3. The minimum absolute atomic E-state index is 0.299. The van der Waals surface area contributed by atoms with E-state index in [0.717, 1.165) is 23.0 Å². The van der Waals surface area contributed by atoms with Crippen molar-refractivity contribution in [2.45, 2.75) is 6.61 Å². The summed E-state index contributed by atoms with van der Waals surface area (Å²) in [5, 5.41) is 0. The van der Waals surface area contributed by atoms with Crippen LogP contribution < -0.4 is 4.74 Å². The first-order valence-electron chi connectivity index (χ1n) is 7.28. The normalized spacial score (nSPS) is 10.3. The molecule has 3 rings (SSSR count). The summed E-state index contributed by atoms with van der Waals surface area (Å²) >= 11 is 0. The second-order valence-corrected chi connectivity index (χ2v) is 5.15. The summed E-state index contributed by atoms with van der Waals surface area (Å²) in [5.74, 6) is 0.359. The minimum Gasteiger partial charge on any atom is -0.488 e. The average molecular weight is 306 g/mol. The van der Waals surface area contributed by atoms with Crippen LogP contribution in [0.5, 0.6) is 5.75 Å². The molecule has 0 unspecified atom stereocenters. The summed E-state index contributed by atoms with van der Waals surface area (Å²) < 4.78 is 19.0. The van der Waals surface area contributed by atoms with Crippen molar-refractivity contribution in [2.75, 3.05) is 0 Å². The molecule has 0 N–H and O–H groups in total. The molecule has 0 amide bonds. The van der Waals surface area contributed by atoms with Gasteiger partial charge in [0.15, 0.2) is 0 Å². The van der Waals surface area contributed by atoms with Gasteiger partial charge in [-0.25, -0.2) is 4.39 Å². The molecule has 0 aliphatic rings. The fraction of sp³-hybridized carbons (Fsp3) is 0.0500. The summed E-state index contributed by atoms with van der Waals surface area (Å²) in [4.78, 5) is 11.0. The lowest BCUT2D eigenvalue weighted by atomic mass is 10.0. The lowest BCUT2D eigenvalue weighted by Crippen LogP contribution is -1.97. The van der Waals surface area contributed by atoms with Crippen LogP contribution in [-0.4, -0.2) is 6.29 Å². The van der Waals surface area contributed by atoms with Gasteiger partial charge < -0.3 is 4.74 Å². The van der Waals surface area contributed by atoms with E-state index in [1.54, 1.807) is 30.3 Å². The number of hydrogen-bond donors (Lipinski definition) is 0. The molecule has 2 nitrogen and oxygen atoms in total. The fourth-order valence-electron chi connectivity index (χ4n) is 2.34. The van der Waals surface area contributed by atoms with Gasteiger partial charge in [0.1, 0.15) is 24.5 Å². The van der Waals surface area contributed by atoms with Gasteiger partial charge in [-0.1, -0.05) is 42.5 Å². The maximum Gasteiger partial charge on any atom is 0.150 e. The van der Waals surface area contributed by atoms with Gasteiger partial charge in [0.25, 0.3) is 0 Å². The van der Waals surface area contributed by atoms with Crippen molar-refractivity contribution >= 4 is 6.29 Å². The molecular formula is C20H15FO2. The van der Waals surface area contributed by atoms with Gasteiger partial charge in [-0.2, -0.15) is 0 Å². The molecule has 3 heteroatoms. The Hall–Kier alpha value is -2.94. The molecule has 0 saturated heterocycles. The molecular weight excluding hydrogens is 291 g/mol. The molecule has 114 valence electrons. The lowest BCUT2D eigenvalue weighted by molar-refractivity contribution is 0.112. The highest BCUT2D eigenvalue weighted by molar-refractivity contribution is 5.81. The van der Waals surface area contributed by atoms with Crippen LogP contribution in [-0.2, 0) is 6.61 Å². The Labute approximate surface area is 134 Å². The number of rotatable bonds is 5. The Morgan fingerprint density at radius 3 is 2.35 bits per heavy atom. The molecule has 3 aromatic carbocycles. The van der Waals surface area contributed by atoms with Crippen LogP contribution in [0.25, 0.3) is 11.1 Å². The molecule has 0 atom stereocenters. The van der Waals surface area contributed by atoms with Crippen LogP contribution in [0, 0.1) is 5.82 Å². The van der Waals surface area contributed by atoms with Crippen LogP contribution in [0.3, 0.4) is 0 Å². The first-order chi connectivity index (χ1) is 11.3. The molecule has 0 bridgehead atoms. The Morgan fingerprint density at radius 2 is 1.65 bits per heavy atom. The Balaban J connectivity index is 1.92. The first kappa shape index (κ1) is 15.0. The molecule has 0 fully saturated rings. The second kappa shape index (κ2) is 6.88. The van der Waals surface area contributed by atoms with E-state index in [4.69, 9.17) is 4.74 Å². The predicted molar refractivity (Wildman–Crippen MR) is 88.0 cm³/mol. The molecule has 0 aliphatic carbocycles. The SMILES string of the molecule is O=Cc1ccc(OCc2ccccc2)c(-c2ccc(F)cc2)c1. The third-order valence-electron chi connectivity index (χ3n) is 3.53. The highest BCUT2D eigenvalue weighted by Gasteiger charge is 2.08. The average Bonchev–Trinajstić information content (AvgIpc) is 2.61. The van der Waals surface area contributed by atoms with Gasteiger partial charge in [-0.3, -0.25) is 4.79 Å². The van der Waals surface area contributed by atoms with E-state index in [9.17, 15) is 9.18 Å². The third kappa shape index (κ3) is 3.64. The number of carbonyl (C=O) groups is 1. The molecule has 3 aromatic rings. The van der Waals surface area contributed by atoms with E-state index in [1.165, 1.54) is 12.1 Å². The molecule has 0 saturated carbocycles. The third-order valence-corrected chi connectivity index (χ3v) is 3.53. The maximum atomic E-state index is 13.1. The zero-order chi connectivity index (χ0) is 16.1. The van der Waals surface area contributed by atoms with Crippen molar-refractivity contribution in [2.24, 2.45) is 0 Å². The van der Waals surface area contributed by atoms with Gasteiger partial charge in [0.05, 0.1) is 0 Å². The van der Waals surface area contributed by atoms with Gasteiger partial charge >= 0.3 is 0 Å². The van der Waals surface area contributed by atoms with Crippen molar-refractivity contribution in [1.29, 1.82) is 0 Å². The number of aldehydes is 1. The number of carbonyl (C=O) groups excluding carboxylic acids is 1. The number of hydrogen-bond acceptors (Lipinski definition) is 2. The van der Waals surface area contributed by atoms with E-state index in [-0.39, 0.29) is 5.82 Å². The fourth-order valence-corrected chi connectivity index (χ4v) is 2.34. The monoisotopic (exact) mass is 306 g/mol. The van der Waals surface area contributed by atoms with Gasteiger partial charge in [0, 0.05) is 11.1 Å². The van der Waals surface area contributed by atoms with Crippen LogP contribution in [0.4, 0.5) is 4.39 Å². The summed E-state index contributed by atoms with van der Waals surface area (Å²) in [5.41, 5.74) is 3.18.